The maximum Gasteiger partial charge on any atom is 0.128 e. The molecule has 0 saturated heterocycles. The van der Waals surface area contributed by atoms with Gasteiger partial charge in [0.15, 0.2) is 0 Å². The first-order chi connectivity index (χ1) is 9.15. The zero-order chi connectivity index (χ0) is 13.4. The van der Waals surface area contributed by atoms with Gasteiger partial charge in [-0.1, -0.05) is 26.0 Å². The van der Waals surface area contributed by atoms with Crippen LogP contribution in [-0.2, 0) is 6.54 Å². The van der Waals surface area contributed by atoms with Gasteiger partial charge >= 0.3 is 0 Å². The van der Waals surface area contributed by atoms with Crippen molar-refractivity contribution in [3.05, 3.63) is 36.0 Å². The summed E-state index contributed by atoms with van der Waals surface area (Å²) in [4.78, 5) is 0. The van der Waals surface area contributed by atoms with Crippen LogP contribution in [0.2, 0.25) is 0 Å². The van der Waals surface area contributed by atoms with Crippen molar-refractivity contribution in [2.75, 3.05) is 6.61 Å². The lowest BCUT2D eigenvalue weighted by molar-refractivity contribution is 0.0877. The van der Waals surface area contributed by atoms with Crippen LogP contribution in [0.15, 0.2) is 30.3 Å². The van der Waals surface area contributed by atoms with Crippen LogP contribution in [-0.4, -0.2) is 27.6 Å². The highest BCUT2D eigenvalue weighted by atomic mass is 16.5. The number of nitrogens with zero attached hydrogens (tertiary/aromatic N) is 2. The Morgan fingerprint density at radius 3 is 2.95 bits per heavy atom. The summed E-state index contributed by atoms with van der Waals surface area (Å²) in [5.41, 5.74) is 3.09. The van der Waals surface area contributed by atoms with E-state index in [0.717, 1.165) is 22.7 Å². The summed E-state index contributed by atoms with van der Waals surface area (Å²) < 4.78 is 7.57. The first-order valence-corrected chi connectivity index (χ1v) is 6.63. The zero-order valence-electron chi connectivity index (χ0n) is 11.2. The standard InChI is InChI=1S/C15H18N2O2/c1-10(2)13-7-14-12-5-3-4-6-15(12)19-9-11(18)8-17(14)16-13/h3-7,10-11,18H,8-9H2,1-2H3. The van der Waals surface area contributed by atoms with Gasteiger partial charge in [-0.3, -0.25) is 4.68 Å². The van der Waals surface area contributed by atoms with E-state index in [1.54, 1.807) is 0 Å². The van der Waals surface area contributed by atoms with Crippen LogP contribution < -0.4 is 4.74 Å². The molecule has 0 spiro atoms. The molecule has 1 aliphatic rings. The van der Waals surface area contributed by atoms with Gasteiger partial charge in [0.2, 0.25) is 0 Å². The first-order valence-electron chi connectivity index (χ1n) is 6.63. The van der Waals surface area contributed by atoms with E-state index in [1.165, 1.54) is 0 Å². The largest absolute Gasteiger partial charge is 0.490 e. The molecular weight excluding hydrogens is 240 g/mol. The van der Waals surface area contributed by atoms with Gasteiger partial charge in [0, 0.05) is 5.56 Å². The van der Waals surface area contributed by atoms with Crippen LogP contribution in [0, 0.1) is 0 Å². The number of benzene rings is 1. The predicted molar refractivity (Wildman–Crippen MR) is 73.3 cm³/mol. The van der Waals surface area contributed by atoms with Gasteiger partial charge < -0.3 is 9.84 Å². The molecule has 1 N–H and O–H groups in total. The Morgan fingerprint density at radius 2 is 2.16 bits per heavy atom. The SMILES string of the molecule is CC(C)c1cc2n(n1)CC(O)COc1ccccc1-2. The molecule has 4 heteroatoms. The third kappa shape index (κ3) is 2.24. The smallest absolute Gasteiger partial charge is 0.128 e. The topological polar surface area (TPSA) is 47.3 Å². The van der Waals surface area contributed by atoms with Crippen LogP contribution in [0.25, 0.3) is 11.3 Å². The lowest BCUT2D eigenvalue weighted by Gasteiger charge is -2.20. The fraction of sp³-hybridized carbons (Fsp3) is 0.400. The Bertz CT molecular complexity index is 590. The van der Waals surface area contributed by atoms with Crippen molar-refractivity contribution in [3.63, 3.8) is 0 Å². The summed E-state index contributed by atoms with van der Waals surface area (Å²) in [6, 6.07) is 9.98. The molecule has 100 valence electrons. The Balaban J connectivity index is 2.16. The van der Waals surface area contributed by atoms with E-state index in [-0.39, 0.29) is 0 Å². The van der Waals surface area contributed by atoms with Crippen LogP contribution in [0.5, 0.6) is 5.75 Å². The normalized spacial score (nSPS) is 18.2. The van der Waals surface area contributed by atoms with Crippen LogP contribution in [0.3, 0.4) is 0 Å². The van der Waals surface area contributed by atoms with E-state index in [0.29, 0.717) is 19.1 Å². The fourth-order valence-electron chi connectivity index (χ4n) is 2.32. The molecule has 1 aliphatic heterocycles. The number of aromatic nitrogens is 2. The number of ether oxygens (including phenoxy) is 1. The third-order valence-electron chi connectivity index (χ3n) is 3.37. The maximum absolute atomic E-state index is 9.95. The molecule has 4 nitrogen and oxygen atoms in total. The van der Waals surface area contributed by atoms with Crippen LogP contribution >= 0.6 is 0 Å². The van der Waals surface area contributed by atoms with Crippen molar-refractivity contribution in [2.24, 2.45) is 0 Å². The Morgan fingerprint density at radius 1 is 1.37 bits per heavy atom. The zero-order valence-corrected chi connectivity index (χ0v) is 11.2. The monoisotopic (exact) mass is 258 g/mol. The molecule has 19 heavy (non-hydrogen) atoms. The summed E-state index contributed by atoms with van der Waals surface area (Å²) in [5, 5.41) is 14.6. The highest BCUT2D eigenvalue weighted by Crippen LogP contribution is 2.33. The highest BCUT2D eigenvalue weighted by molar-refractivity contribution is 5.68. The second-order valence-corrected chi connectivity index (χ2v) is 5.25. The summed E-state index contributed by atoms with van der Waals surface area (Å²) in [5.74, 6) is 1.17. The van der Waals surface area contributed by atoms with Crippen molar-refractivity contribution in [2.45, 2.75) is 32.4 Å². The average molecular weight is 258 g/mol. The first kappa shape index (κ1) is 12.2. The predicted octanol–water partition coefficient (Wildman–Crippen LogP) is 2.43. The molecule has 1 unspecified atom stereocenters. The second kappa shape index (κ2) is 4.70. The molecule has 3 rings (SSSR count). The van der Waals surface area contributed by atoms with E-state index in [2.05, 4.69) is 25.0 Å². The van der Waals surface area contributed by atoms with E-state index in [9.17, 15) is 5.11 Å². The van der Waals surface area contributed by atoms with E-state index >= 15 is 0 Å². The molecule has 1 atom stereocenters. The average Bonchev–Trinajstić information content (AvgIpc) is 2.78. The number of hydrogen-bond donors (Lipinski definition) is 1. The van der Waals surface area contributed by atoms with Gasteiger partial charge in [-0.15, -0.1) is 0 Å². The van der Waals surface area contributed by atoms with Gasteiger partial charge in [-0.25, -0.2) is 0 Å². The number of hydrogen-bond acceptors (Lipinski definition) is 3. The summed E-state index contributed by atoms with van der Waals surface area (Å²) in [7, 11) is 0. The van der Waals surface area contributed by atoms with Crippen LogP contribution in [0.4, 0.5) is 0 Å². The van der Waals surface area contributed by atoms with Crippen molar-refractivity contribution in [1.29, 1.82) is 0 Å². The Kier molecular flexibility index (Phi) is 3.03. The summed E-state index contributed by atoms with van der Waals surface area (Å²) in [6.07, 6.45) is -0.535. The van der Waals surface area contributed by atoms with Crippen LogP contribution in [0.1, 0.15) is 25.5 Å². The fourth-order valence-corrected chi connectivity index (χ4v) is 2.32. The Hall–Kier alpha value is -1.81. The minimum atomic E-state index is -0.535. The molecule has 2 aromatic rings. The quantitative estimate of drug-likeness (QED) is 0.854. The van der Waals surface area contributed by atoms with Gasteiger partial charge in [-0.05, 0) is 24.1 Å². The van der Waals surface area contributed by atoms with E-state index in [4.69, 9.17) is 4.74 Å². The molecule has 0 amide bonds. The van der Waals surface area contributed by atoms with Gasteiger partial charge in [0.1, 0.15) is 18.5 Å². The van der Waals surface area contributed by atoms with E-state index < -0.39 is 6.10 Å². The van der Waals surface area contributed by atoms with Gasteiger partial charge in [0.05, 0.1) is 17.9 Å². The van der Waals surface area contributed by atoms with Crippen molar-refractivity contribution >= 4 is 0 Å². The molecule has 0 bridgehead atoms. The van der Waals surface area contributed by atoms with Crippen molar-refractivity contribution < 1.29 is 9.84 Å². The molecule has 0 fully saturated rings. The molecule has 0 aliphatic carbocycles. The number of para-hydroxylation sites is 1. The molecule has 1 aromatic heterocycles. The Labute approximate surface area is 112 Å². The lowest BCUT2D eigenvalue weighted by atomic mass is 10.1. The third-order valence-corrected chi connectivity index (χ3v) is 3.37. The second-order valence-electron chi connectivity index (χ2n) is 5.25. The lowest BCUT2D eigenvalue weighted by Crippen LogP contribution is -2.26. The van der Waals surface area contributed by atoms with Gasteiger partial charge in [0.25, 0.3) is 0 Å². The van der Waals surface area contributed by atoms with Crippen molar-refractivity contribution in [3.8, 4) is 17.0 Å². The molecule has 1 aromatic carbocycles. The molecule has 0 saturated carbocycles. The number of aliphatic hydroxyl groups excluding tert-OH is 1. The number of rotatable bonds is 1. The minimum absolute atomic E-state index is 0.299. The summed E-state index contributed by atoms with van der Waals surface area (Å²) >= 11 is 0. The molecular formula is C15H18N2O2. The van der Waals surface area contributed by atoms with E-state index in [1.807, 2.05) is 28.9 Å². The number of fused-ring (bicyclic) bond motifs is 3. The number of aliphatic hydroxyl groups is 1. The summed E-state index contributed by atoms with van der Waals surface area (Å²) in [6.45, 7) is 5.01. The molecule has 2 heterocycles. The molecule has 0 radical (unpaired) electrons. The van der Waals surface area contributed by atoms with Crippen molar-refractivity contribution in [1.82, 2.24) is 9.78 Å². The minimum Gasteiger partial charge on any atom is -0.490 e. The maximum atomic E-state index is 9.95. The van der Waals surface area contributed by atoms with Gasteiger partial charge in [-0.2, -0.15) is 5.10 Å². The highest BCUT2D eigenvalue weighted by Gasteiger charge is 2.20.